The Hall–Kier alpha value is -1.54. The van der Waals surface area contributed by atoms with E-state index in [-0.39, 0.29) is 36.6 Å². The van der Waals surface area contributed by atoms with Crippen LogP contribution in [0.25, 0.3) is 0 Å². The SMILES string of the molecule is CCOC(=O)N1[C@@H]([C@H]2N(C(=O)OCC)N2[C@@H](C)C(C)C)N1[C@@H](C)C(C)C. The summed E-state index contributed by atoms with van der Waals surface area (Å²) in [5.74, 6) is 0.727. The number of amides is 2. The molecule has 0 saturated carbocycles. The van der Waals surface area contributed by atoms with Crippen molar-refractivity contribution in [2.24, 2.45) is 11.8 Å². The van der Waals surface area contributed by atoms with Crippen molar-refractivity contribution in [3.63, 3.8) is 0 Å². The van der Waals surface area contributed by atoms with Gasteiger partial charge in [0.05, 0.1) is 13.2 Å². The molecule has 2 rings (SSSR count). The van der Waals surface area contributed by atoms with Gasteiger partial charge in [-0.05, 0) is 39.5 Å². The van der Waals surface area contributed by atoms with Gasteiger partial charge in [-0.1, -0.05) is 27.7 Å². The predicted octanol–water partition coefficient (Wildman–Crippen LogP) is 3.11. The van der Waals surface area contributed by atoms with Crippen LogP contribution >= 0.6 is 0 Å². The van der Waals surface area contributed by atoms with Crippen LogP contribution in [0, 0.1) is 11.8 Å². The maximum Gasteiger partial charge on any atom is 0.426 e. The Labute approximate surface area is 156 Å². The van der Waals surface area contributed by atoms with Crippen LogP contribution in [-0.2, 0) is 9.47 Å². The molecule has 0 aliphatic carbocycles. The van der Waals surface area contributed by atoms with Crippen molar-refractivity contribution < 1.29 is 19.1 Å². The molecule has 0 radical (unpaired) electrons. The maximum atomic E-state index is 12.4. The molecule has 8 nitrogen and oxygen atoms in total. The summed E-state index contributed by atoms with van der Waals surface area (Å²) in [7, 11) is 0. The Morgan fingerprint density at radius 1 is 0.731 bits per heavy atom. The quantitative estimate of drug-likeness (QED) is 0.642. The number of carbonyl (C=O) groups excluding carboxylic acids is 2. The van der Waals surface area contributed by atoms with Gasteiger partial charge in [0.15, 0.2) is 12.3 Å². The van der Waals surface area contributed by atoms with Crippen LogP contribution in [0.1, 0.15) is 55.4 Å². The molecule has 6 atom stereocenters. The molecule has 2 aliphatic rings. The molecule has 0 aromatic rings. The zero-order chi connectivity index (χ0) is 19.8. The fraction of sp³-hybridized carbons (Fsp3) is 0.889. The van der Waals surface area contributed by atoms with Gasteiger partial charge in [0.1, 0.15) is 0 Å². The van der Waals surface area contributed by atoms with Gasteiger partial charge >= 0.3 is 12.2 Å². The van der Waals surface area contributed by atoms with Crippen LogP contribution in [0.2, 0.25) is 0 Å². The number of rotatable bonds is 7. The largest absolute Gasteiger partial charge is 0.449 e. The van der Waals surface area contributed by atoms with E-state index in [9.17, 15) is 9.59 Å². The molecule has 2 fully saturated rings. The van der Waals surface area contributed by atoms with Gasteiger partial charge in [-0.15, -0.1) is 0 Å². The lowest BCUT2D eigenvalue weighted by Gasteiger charge is -2.17. The molecule has 8 heteroatoms. The summed E-state index contributed by atoms with van der Waals surface area (Å²) >= 11 is 0. The lowest BCUT2D eigenvalue weighted by molar-refractivity contribution is 0.106. The highest BCUT2D eigenvalue weighted by Crippen LogP contribution is 2.47. The minimum atomic E-state index is -0.363. The number of hydrogen-bond donors (Lipinski definition) is 0. The summed E-state index contributed by atoms with van der Waals surface area (Å²) in [6, 6.07) is 0.315. The van der Waals surface area contributed by atoms with Crippen LogP contribution in [-0.4, -0.2) is 69.9 Å². The van der Waals surface area contributed by atoms with E-state index in [2.05, 4.69) is 41.5 Å². The van der Waals surface area contributed by atoms with Crippen molar-refractivity contribution in [1.29, 1.82) is 0 Å². The molecule has 2 heterocycles. The third-order valence-electron chi connectivity index (χ3n) is 5.37. The van der Waals surface area contributed by atoms with Crippen molar-refractivity contribution >= 4 is 12.2 Å². The third kappa shape index (κ3) is 3.76. The van der Waals surface area contributed by atoms with Gasteiger partial charge in [-0.2, -0.15) is 10.0 Å². The van der Waals surface area contributed by atoms with E-state index >= 15 is 0 Å². The average Bonchev–Trinajstić information content (AvgIpc) is 3.44. The third-order valence-corrected chi connectivity index (χ3v) is 5.37. The maximum absolute atomic E-state index is 12.4. The molecule has 0 aromatic heterocycles. The molecule has 0 bridgehead atoms. The zero-order valence-corrected chi connectivity index (χ0v) is 17.3. The molecule has 2 amide bonds. The number of ether oxygens (including phenoxy) is 2. The van der Waals surface area contributed by atoms with Crippen LogP contribution in [0.5, 0.6) is 0 Å². The Kier molecular flexibility index (Phi) is 6.39. The first-order valence-electron chi connectivity index (χ1n) is 9.67. The van der Waals surface area contributed by atoms with Gasteiger partial charge in [-0.25, -0.2) is 19.6 Å². The molecule has 2 unspecified atom stereocenters. The summed E-state index contributed by atoms with van der Waals surface area (Å²) in [6.45, 7) is 16.9. The highest BCUT2D eigenvalue weighted by Gasteiger charge is 2.69. The first kappa shape index (κ1) is 20.8. The van der Waals surface area contributed by atoms with Crippen LogP contribution in [0.4, 0.5) is 9.59 Å². The van der Waals surface area contributed by atoms with E-state index in [1.807, 2.05) is 10.0 Å². The minimum absolute atomic E-state index is 0.158. The molecule has 2 saturated heterocycles. The Morgan fingerprint density at radius 3 is 1.27 bits per heavy atom. The monoisotopic (exact) mass is 370 g/mol. The summed E-state index contributed by atoms with van der Waals surface area (Å²) in [5, 5.41) is 7.31. The minimum Gasteiger partial charge on any atom is -0.449 e. The lowest BCUT2D eigenvalue weighted by atomic mass is 10.1. The normalized spacial score (nSPS) is 29.6. The van der Waals surface area contributed by atoms with E-state index < -0.39 is 0 Å². The summed E-state index contributed by atoms with van der Waals surface area (Å²) < 4.78 is 10.4. The van der Waals surface area contributed by atoms with Crippen molar-refractivity contribution in [3.8, 4) is 0 Å². The van der Waals surface area contributed by atoms with Crippen molar-refractivity contribution in [2.45, 2.75) is 79.8 Å². The molecular formula is C18H34N4O4. The second-order valence-corrected chi connectivity index (χ2v) is 7.64. The van der Waals surface area contributed by atoms with Gasteiger partial charge < -0.3 is 9.47 Å². The van der Waals surface area contributed by atoms with Gasteiger partial charge in [0.25, 0.3) is 0 Å². The van der Waals surface area contributed by atoms with E-state index in [1.54, 1.807) is 23.9 Å². The first-order valence-corrected chi connectivity index (χ1v) is 9.67. The Morgan fingerprint density at radius 2 is 1.04 bits per heavy atom. The fourth-order valence-corrected chi connectivity index (χ4v) is 3.19. The Bertz CT molecular complexity index is 481. The van der Waals surface area contributed by atoms with Gasteiger partial charge in [0.2, 0.25) is 0 Å². The summed E-state index contributed by atoms with van der Waals surface area (Å²) in [4.78, 5) is 24.8. The topological polar surface area (TPSA) is 64.6 Å². The molecule has 150 valence electrons. The molecule has 2 aliphatic heterocycles. The first-order chi connectivity index (χ1) is 12.2. The highest BCUT2D eigenvalue weighted by molar-refractivity contribution is 5.73. The molecule has 0 spiro atoms. The highest BCUT2D eigenvalue weighted by atomic mass is 16.6. The van der Waals surface area contributed by atoms with Gasteiger partial charge in [-0.3, -0.25) is 0 Å². The zero-order valence-electron chi connectivity index (χ0n) is 17.3. The number of nitrogens with zero attached hydrogens (tertiary/aromatic N) is 4. The standard InChI is InChI=1S/C18H34N4O4/c1-9-25-17(23)21-15(19(21)13(7)11(3)4)16-20(14(8)12(5)6)22(16)18(24)26-10-2/h11-16H,9-10H2,1-8H3/t13-,14-,15-,16+,19?,20?,21?,22?/m0/s1. The number of hydrazine groups is 2. The van der Waals surface area contributed by atoms with Crippen LogP contribution in [0.3, 0.4) is 0 Å². The van der Waals surface area contributed by atoms with E-state index in [1.165, 1.54) is 0 Å². The summed E-state index contributed by atoms with van der Waals surface area (Å²) in [5.41, 5.74) is 0. The van der Waals surface area contributed by atoms with Crippen LogP contribution < -0.4 is 0 Å². The molecule has 0 aromatic carbocycles. The second kappa shape index (κ2) is 8.00. The van der Waals surface area contributed by atoms with Crippen molar-refractivity contribution in [2.75, 3.05) is 13.2 Å². The van der Waals surface area contributed by atoms with E-state index in [4.69, 9.17) is 9.47 Å². The molecular weight excluding hydrogens is 336 g/mol. The Balaban J connectivity index is 2.23. The predicted molar refractivity (Wildman–Crippen MR) is 97.6 cm³/mol. The average molecular weight is 370 g/mol. The van der Waals surface area contributed by atoms with Crippen molar-refractivity contribution in [3.05, 3.63) is 0 Å². The van der Waals surface area contributed by atoms with Crippen molar-refractivity contribution in [1.82, 2.24) is 20.0 Å². The summed E-state index contributed by atoms with van der Waals surface area (Å²) in [6.07, 6.45) is -1.15. The number of carbonyl (C=O) groups is 2. The smallest absolute Gasteiger partial charge is 0.426 e. The van der Waals surface area contributed by atoms with Crippen LogP contribution in [0.15, 0.2) is 0 Å². The van der Waals surface area contributed by atoms with E-state index in [0.717, 1.165) is 0 Å². The fourth-order valence-electron chi connectivity index (χ4n) is 3.19. The molecule has 26 heavy (non-hydrogen) atoms. The van der Waals surface area contributed by atoms with Gasteiger partial charge in [0, 0.05) is 12.1 Å². The molecule has 0 N–H and O–H groups in total. The lowest BCUT2D eigenvalue weighted by Crippen LogP contribution is -2.28. The van der Waals surface area contributed by atoms with E-state index in [0.29, 0.717) is 25.0 Å². The number of hydrogen-bond acceptors (Lipinski definition) is 6. The second-order valence-electron chi connectivity index (χ2n) is 7.64.